The van der Waals surface area contributed by atoms with Crippen LogP contribution in [0.4, 0.5) is 4.39 Å². The Labute approximate surface area is 125 Å². The summed E-state index contributed by atoms with van der Waals surface area (Å²) in [6, 6.07) is 7.68. The largest absolute Gasteiger partial charge is 0.352 e. The van der Waals surface area contributed by atoms with Gasteiger partial charge in [0.05, 0.1) is 0 Å². The normalized spacial score (nSPS) is 30.8. The first-order valence-electron chi connectivity index (χ1n) is 7.73. The van der Waals surface area contributed by atoms with Crippen LogP contribution in [0.3, 0.4) is 0 Å². The van der Waals surface area contributed by atoms with E-state index in [-0.39, 0.29) is 23.2 Å². The molecule has 3 nitrogen and oxygen atoms in total. The smallest absolute Gasteiger partial charge is 0.220 e. The second-order valence-corrected chi connectivity index (χ2v) is 7.08. The molecule has 2 aliphatic rings. The van der Waals surface area contributed by atoms with Gasteiger partial charge in [0.15, 0.2) is 0 Å². The highest BCUT2D eigenvalue weighted by Gasteiger charge is 2.40. The molecule has 0 aromatic heterocycles. The highest BCUT2D eigenvalue weighted by atomic mass is 19.1. The number of carbonyl (C=O) groups is 1. The SMILES string of the molecule is CC1(C)CC(=O)NC1CNC1CC(c2ccccc2F)C1. The van der Waals surface area contributed by atoms with Gasteiger partial charge in [0.25, 0.3) is 0 Å². The van der Waals surface area contributed by atoms with E-state index in [4.69, 9.17) is 0 Å². The van der Waals surface area contributed by atoms with Crippen molar-refractivity contribution in [3.05, 3.63) is 35.6 Å². The van der Waals surface area contributed by atoms with Crippen molar-refractivity contribution in [3.63, 3.8) is 0 Å². The van der Waals surface area contributed by atoms with Gasteiger partial charge in [-0.05, 0) is 35.8 Å². The number of halogens is 1. The molecule has 1 saturated heterocycles. The van der Waals surface area contributed by atoms with Crippen LogP contribution in [0, 0.1) is 11.2 Å². The summed E-state index contributed by atoms with van der Waals surface area (Å²) in [6.07, 6.45) is 2.55. The van der Waals surface area contributed by atoms with Gasteiger partial charge in [-0.15, -0.1) is 0 Å². The Morgan fingerprint density at radius 3 is 2.67 bits per heavy atom. The average Bonchev–Trinajstić information content (AvgIpc) is 2.62. The Kier molecular flexibility index (Phi) is 3.74. The van der Waals surface area contributed by atoms with E-state index in [1.165, 1.54) is 6.07 Å². The summed E-state index contributed by atoms with van der Waals surface area (Å²) in [5.41, 5.74) is 0.851. The summed E-state index contributed by atoms with van der Waals surface area (Å²) in [6.45, 7) is 5.05. The van der Waals surface area contributed by atoms with E-state index in [1.807, 2.05) is 12.1 Å². The Morgan fingerprint density at radius 2 is 2.05 bits per heavy atom. The minimum atomic E-state index is -0.0925. The third-order valence-corrected chi connectivity index (χ3v) is 4.99. The molecule has 0 bridgehead atoms. The highest BCUT2D eigenvalue weighted by molar-refractivity contribution is 5.79. The van der Waals surface area contributed by atoms with Crippen molar-refractivity contribution in [3.8, 4) is 0 Å². The molecule has 0 radical (unpaired) electrons. The maximum absolute atomic E-state index is 13.7. The van der Waals surface area contributed by atoms with Crippen LogP contribution in [-0.2, 0) is 4.79 Å². The molecular weight excluding hydrogens is 267 g/mol. The van der Waals surface area contributed by atoms with E-state index in [0.717, 1.165) is 24.9 Å². The molecule has 1 heterocycles. The number of amides is 1. The third kappa shape index (κ3) is 2.95. The van der Waals surface area contributed by atoms with Crippen LogP contribution in [0.5, 0.6) is 0 Å². The fraction of sp³-hybridized carbons (Fsp3) is 0.588. The van der Waals surface area contributed by atoms with E-state index in [9.17, 15) is 9.18 Å². The van der Waals surface area contributed by atoms with E-state index < -0.39 is 0 Å². The second-order valence-electron chi connectivity index (χ2n) is 7.08. The van der Waals surface area contributed by atoms with Crippen LogP contribution < -0.4 is 10.6 Å². The molecule has 1 unspecified atom stereocenters. The van der Waals surface area contributed by atoms with Crippen LogP contribution >= 0.6 is 0 Å². The molecule has 0 spiro atoms. The number of carbonyl (C=O) groups excluding carboxylic acids is 1. The van der Waals surface area contributed by atoms with Gasteiger partial charge in [0.1, 0.15) is 5.82 Å². The standard InChI is InChI=1S/C17H23FN2O/c1-17(2)9-16(21)20-15(17)10-19-12-7-11(8-12)13-5-3-4-6-14(13)18/h3-6,11-12,15,19H,7-10H2,1-2H3,(H,20,21). The Bertz CT molecular complexity index is 537. The molecule has 3 rings (SSSR count). The van der Waals surface area contributed by atoms with Crippen molar-refractivity contribution >= 4 is 5.91 Å². The molecule has 2 fully saturated rings. The molecule has 114 valence electrons. The summed E-state index contributed by atoms with van der Waals surface area (Å²) in [5, 5.41) is 6.56. The van der Waals surface area contributed by atoms with Gasteiger partial charge in [-0.25, -0.2) is 4.39 Å². The molecule has 4 heteroatoms. The summed E-state index contributed by atoms with van der Waals surface area (Å²) in [7, 11) is 0. The monoisotopic (exact) mass is 290 g/mol. The van der Waals surface area contributed by atoms with E-state index >= 15 is 0 Å². The zero-order valence-corrected chi connectivity index (χ0v) is 12.7. The molecule has 1 saturated carbocycles. The van der Waals surface area contributed by atoms with Gasteiger partial charge in [0, 0.05) is 25.0 Å². The summed E-state index contributed by atoms with van der Waals surface area (Å²) < 4.78 is 13.7. The van der Waals surface area contributed by atoms with Crippen molar-refractivity contribution < 1.29 is 9.18 Å². The molecular formula is C17H23FN2O. The fourth-order valence-corrected chi connectivity index (χ4v) is 3.43. The zero-order chi connectivity index (χ0) is 15.0. The number of nitrogens with one attached hydrogen (secondary N) is 2. The Hall–Kier alpha value is -1.42. The maximum Gasteiger partial charge on any atom is 0.220 e. The predicted octanol–water partition coefficient (Wildman–Crippen LogP) is 2.58. The third-order valence-electron chi connectivity index (χ3n) is 4.99. The lowest BCUT2D eigenvalue weighted by atomic mass is 9.75. The van der Waals surface area contributed by atoms with Crippen molar-refractivity contribution in [2.45, 2.75) is 51.1 Å². The van der Waals surface area contributed by atoms with Gasteiger partial charge in [-0.3, -0.25) is 4.79 Å². The van der Waals surface area contributed by atoms with Crippen molar-refractivity contribution in [2.24, 2.45) is 5.41 Å². The molecule has 1 aromatic rings. The molecule has 1 amide bonds. The zero-order valence-electron chi connectivity index (χ0n) is 12.7. The van der Waals surface area contributed by atoms with Gasteiger partial charge >= 0.3 is 0 Å². The second kappa shape index (κ2) is 5.41. The summed E-state index contributed by atoms with van der Waals surface area (Å²) >= 11 is 0. The van der Waals surface area contributed by atoms with Crippen LogP contribution in [-0.4, -0.2) is 24.5 Å². The number of hydrogen-bond donors (Lipinski definition) is 2. The van der Waals surface area contributed by atoms with E-state index in [1.54, 1.807) is 6.07 Å². The summed E-state index contributed by atoms with van der Waals surface area (Å²) in [4.78, 5) is 11.5. The van der Waals surface area contributed by atoms with Crippen LogP contribution in [0.15, 0.2) is 24.3 Å². The molecule has 1 aliphatic heterocycles. The number of hydrogen-bond acceptors (Lipinski definition) is 2. The maximum atomic E-state index is 13.7. The number of rotatable bonds is 4. The van der Waals surface area contributed by atoms with Gasteiger partial charge in [-0.2, -0.15) is 0 Å². The lowest BCUT2D eigenvalue weighted by molar-refractivity contribution is -0.119. The minimum Gasteiger partial charge on any atom is -0.352 e. The molecule has 21 heavy (non-hydrogen) atoms. The van der Waals surface area contributed by atoms with Crippen LogP contribution in [0.1, 0.15) is 44.6 Å². The van der Waals surface area contributed by atoms with Crippen molar-refractivity contribution in [1.82, 2.24) is 10.6 Å². The van der Waals surface area contributed by atoms with E-state index in [2.05, 4.69) is 24.5 Å². The minimum absolute atomic E-state index is 0.0127. The first-order chi connectivity index (χ1) is 9.95. The highest BCUT2D eigenvalue weighted by Crippen LogP contribution is 2.38. The fourth-order valence-electron chi connectivity index (χ4n) is 3.43. The van der Waals surface area contributed by atoms with Crippen molar-refractivity contribution in [1.29, 1.82) is 0 Å². The molecule has 1 aromatic carbocycles. The van der Waals surface area contributed by atoms with Gasteiger partial charge in [-0.1, -0.05) is 32.0 Å². The van der Waals surface area contributed by atoms with Gasteiger partial charge < -0.3 is 10.6 Å². The first-order valence-corrected chi connectivity index (χ1v) is 7.73. The molecule has 1 atom stereocenters. The Balaban J connectivity index is 1.48. The van der Waals surface area contributed by atoms with E-state index in [0.29, 0.717) is 18.4 Å². The first kappa shape index (κ1) is 14.5. The quantitative estimate of drug-likeness (QED) is 0.895. The predicted molar refractivity (Wildman–Crippen MR) is 80.5 cm³/mol. The summed E-state index contributed by atoms with van der Waals surface area (Å²) in [5.74, 6) is 0.379. The lowest BCUT2D eigenvalue weighted by Gasteiger charge is -2.38. The van der Waals surface area contributed by atoms with Crippen LogP contribution in [0.25, 0.3) is 0 Å². The topological polar surface area (TPSA) is 41.1 Å². The average molecular weight is 290 g/mol. The van der Waals surface area contributed by atoms with Gasteiger partial charge in [0.2, 0.25) is 5.91 Å². The van der Waals surface area contributed by atoms with Crippen molar-refractivity contribution in [2.75, 3.05) is 6.54 Å². The lowest BCUT2D eigenvalue weighted by Crippen LogP contribution is -2.49. The molecule has 1 aliphatic carbocycles. The molecule has 2 N–H and O–H groups in total. The number of benzene rings is 1. The van der Waals surface area contributed by atoms with Crippen LogP contribution in [0.2, 0.25) is 0 Å². The Morgan fingerprint density at radius 1 is 1.33 bits per heavy atom.